The standard InChI is InChI=1S/C12H13NO4S2/c1-3-19(14,15)17-11-8-18-12(13-11)9-4-6-10(16-2)7-5-9/h4-8H,3H2,1-2H3. The summed E-state index contributed by atoms with van der Waals surface area (Å²) in [5, 5.41) is 2.27. The highest BCUT2D eigenvalue weighted by Gasteiger charge is 2.13. The van der Waals surface area contributed by atoms with Crippen LogP contribution in [0.25, 0.3) is 10.6 Å². The van der Waals surface area contributed by atoms with Crippen molar-refractivity contribution in [2.75, 3.05) is 12.9 Å². The third-order valence-electron chi connectivity index (χ3n) is 2.39. The molecule has 0 atom stereocenters. The quantitative estimate of drug-likeness (QED) is 0.794. The van der Waals surface area contributed by atoms with Gasteiger partial charge in [-0.25, -0.2) is 4.98 Å². The Hall–Kier alpha value is -1.60. The van der Waals surface area contributed by atoms with Gasteiger partial charge < -0.3 is 8.92 Å². The first-order valence-corrected chi connectivity index (χ1v) is 8.02. The van der Waals surface area contributed by atoms with Gasteiger partial charge in [0.2, 0.25) is 5.88 Å². The molecule has 2 aromatic rings. The van der Waals surface area contributed by atoms with Gasteiger partial charge in [-0.1, -0.05) is 0 Å². The van der Waals surface area contributed by atoms with Crippen molar-refractivity contribution in [3.05, 3.63) is 29.6 Å². The molecule has 7 heteroatoms. The first-order valence-electron chi connectivity index (χ1n) is 5.56. The topological polar surface area (TPSA) is 65.5 Å². The highest BCUT2D eigenvalue weighted by Crippen LogP contribution is 2.28. The van der Waals surface area contributed by atoms with Gasteiger partial charge in [-0.05, 0) is 31.2 Å². The molecule has 19 heavy (non-hydrogen) atoms. The Kier molecular flexibility index (Phi) is 4.06. The number of hydrogen-bond acceptors (Lipinski definition) is 6. The largest absolute Gasteiger partial charge is 0.497 e. The molecular weight excluding hydrogens is 286 g/mol. The monoisotopic (exact) mass is 299 g/mol. The molecular formula is C12H13NO4S2. The predicted octanol–water partition coefficient (Wildman–Crippen LogP) is 2.55. The second-order valence-electron chi connectivity index (χ2n) is 3.65. The van der Waals surface area contributed by atoms with Gasteiger partial charge in [0.05, 0.1) is 18.2 Å². The first-order chi connectivity index (χ1) is 9.04. The lowest BCUT2D eigenvalue weighted by atomic mass is 10.2. The highest BCUT2D eigenvalue weighted by atomic mass is 32.2. The third kappa shape index (κ3) is 3.45. The van der Waals surface area contributed by atoms with Gasteiger partial charge in [0.1, 0.15) is 10.8 Å². The average molecular weight is 299 g/mol. The van der Waals surface area contributed by atoms with Crippen molar-refractivity contribution >= 4 is 21.5 Å². The zero-order valence-corrected chi connectivity index (χ0v) is 12.1. The van der Waals surface area contributed by atoms with Crippen LogP contribution < -0.4 is 8.92 Å². The molecule has 5 nitrogen and oxygen atoms in total. The van der Waals surface area contributed by atoms with Crippen LogP contribution >= 0.6 is 11.3 Å². The fourth-order valence-corrected chi connectivity index (χ4v) is 2.60. The number of aromatic nitrogens is 1. The molecule has 0 unspecified atom stereocenters. The molecule has 0 aliphatic heterocycles. The summed E-state index contributed by atoms with van der Waals surface area (Å²) in [6, 6.07) is 7.35. The van der Waals surface area contributed by atoms with E-state index < -0.39 is 10.1 Å². The van der Waals surface area contributed by atoms with Crippen LogP contribution in [0.2, 0.25) is 0 Å². The Morgan fingerprint density at radius 3 is 2.53 bits per heavy atom. The van der Waals surface area contributed by atoms with E-state index in [0.29, 0.717) is 5.01 Å². The zero-order valence-electron chi connectivity index (χ0n) is 10.5. The normalized spacial score (nSPS) is 11.3. The molecule has 0 bridgehead atoms. The fourth-order valence-electron chi connectivity index (χ4n) is 1.35. The molecule has 102 valence electrons. The summed E-state index contributed by atoms with van der Waals surface area (Å²) in [4.78, 5) is 4.15. The van der Waals surface area contributed by atoms with Gasteiger partial charge in [-0.15, -0.1) is 11.3 Å². The number of benzene rings is 1. The van der Waals surface area contributed by atoms with E-state index in [0.717, 1.165) is 11.3 Å². The molecule has 1 heterocycles. The minimum atomic E-state index is -3.53. The van der Waals surface area contributed by atoms with Crippen molar-refractivity contribution < 1.29 is 17.3 Å². The summed E-state index contributed by atoms with van der Waals surface area (Å²) in [5.74, 6) is 0.783. The van der Waals surface area contributed by atoms with Crippen LogP contribution in [-0.2, 0) is 10.1 Å². The van der Waals surface area contributed by atoms with Crippen LogP contribution in [0, 0.1) is 0 Å². The van der Waals surface area contributed by atoms with Gasteiger partial charge in [-0.3, -0.25) is 0 Å². The van der Waals surface area contributed by atoms with Crippen LogP contribution in [0.3, 0.4) is 0 Å². The minimum Gasteiger partial charge on any atom is -0.497 e. The van der Waals surface area contributed by atoms with E-state index in [1.807, 2.05) is 24.3 Å². The van der Waals surface area contributed by atoms with Crippen LogP contribution in [0.5, 0.6) is 11.6 Å². The van der Waals surface area contributed by atoms with E-state index in [4.69, 9.17) is 8.92 Å². The van der Waals surface area contributed by atoms with E-state index >= 15 is 0 Å². The third-order valence-corrected chi connectivity index (χ3v) is 4.39. The maximum absolute atomic E-state index is 11.3. The van der Waals surface area contributed by atoms with E-state index in [-0.39, 0.29) is 11.6 Å². The molecule has 0 spiro atoms. The summed E-state index contributed by atoms with van der Waals surface area (Å²) >= 11 is 1.33. The second-order valence-corrected chi connectivity index (χ2v) is 6.37. The van der Waals surface area contributed by atoms with Crippen LogP contribution in [-0.4, -0.2) is 26.3 Å². The van der Waals surface area contributed by atoms with Crippen LogP contribution in [0.15, 0.2) is 29.6 Å². The van der Waals surface area contributed by atoms with Crippen molar-refractivity contribution in [1.29, 1.82) is 0 Å². The Balaban J connectivity index is 2.20. The SMILES string of the molecule is CCS(=O)(=O)Oc1csc(-c2ccc(OC)cc2)n1. The number of hydrogen-bond donors (Lipinski definition) is 0. The molecule has 0 saturated heterocycles. The molecule has 0 saturated carbocycles. The lowest BCUT2D eigenvalue weighted by Crippen LogP contribution is -2.11. The number of thiazole rings is 1. The predicted molar refractivity (Wildman–Crippen MR) is 74.2 cm³/mol. The number of methoxy groups -OCH3 is 1. The van der Waals surface area contributed by atoms with Gasteiger partial charge in [0.15, 0.2) is 0 Å². The lowest BCUT2D eigenvalue weighted by molar-refractivity contribution is 0.415. The Morgan fingerprint density at radius 1 is 1.26 bits per heavy atom. The number of rotatable bonds is 5. The summed E-state index contributed by atoms with van der Waals surface area (Å²) in [6.45, 7) is 1.52. The minimum absolute atomic E-state index is 0.0810. The smallest absolute Gasteiger partial charge is 0.310 e. The first kappa shape index (κ1) is 13.8. The summed E-state index contributed by atoms with van der Waals surface area (Å²) in [6.07, 6.45) is 0. The molecule has 0 N–H and O–H groups in total. The van der Waals surface area contributed by atoms with Crippen molar-refractivity contribution in [2.45, 2.75) is 6.92 Å². The van der Waals surface area contributed by atoms with Crippen molar-refractivity contribution in [3.63, 3.8) is 0 Å². The average Bonchev–Trinajstić information content (AvgIpc) is 2.86. The fraction of sp³-hybridized carbons (Fsp3) is 0.250. The highest BCUT2D eigenvalue weighted by molar-refractivity contribution is 7.87. The van der Waals surface area contributed by atoms with Gasteiger partial charge in [0, 0.05) is 5.56 Å². The maximum Gasteiger partial charge on any atom is 0.310 e. The molecule has 0 radical (unpaired) electrons. The van der Waals surface area contributed by atoms with Crippen LogP contribution in [0.1, 0.15) is 6.92 Å². The van der Waals surface area contributed by atoms with Crippen molar-refractivity contribution in [2.24, 2.45) is 0 Å². The maximum atomic E-state index is 11.3. The Morgan fingerprint density at radius 2 is 1.95 bits per heavy atom. The van der Waals surface area contributed by atoms with E-state index in [1.165, 1.54) is 18.3 Å². The zero-order chi connectivity index (χ0) is 13.9. The van der Waals surface area contributed by atoms with Crippen molar-refractivity contribution in [1.82, 2.24) is 4.98 Å². The Labute approximate surface area is 116 Å². The van der Waals surface area contributed by atoms with Crippen molar-refractivity contribution in [3.8, 4) is 22.2 Å². The van der Waals surface area contributed by atoms with Crippen LogP contribution in [0.4, 0.5) is 0 Å². The number of nitrogens with zero attached hydrogens (tertiary/aromatic N) is 1. The van der Waals surface area contributed by atoms with Gasteiger partial charge >= 0.3 is 10.1 Å². The molecule has 1 aromatic carbocycles. The Bertz CT molecular complexity index is 647. The van der Waals surface area contributed by atoms with Gasteiger partial charge in [-0.2, -0.15) is 8.42 Å². The van der Waals surface area contributed by atoms with E-state index in [9.17, 15) is 8.42 Å². The van der Waals surface area contributed by atoms with Gasteiger partial charge in [0.25, 0.3) is 0 Å². The van der Waals surface area contributed by atoms with E-state index in [1.54, 1.807) is 12.5 Å². The summed E-state index contributed by atoms with van der Waals surface area (Å²) < 4.78 is 32.6. The number of ether oxygens (including phenoxy) is 1. The molecule has 0 amide bonds. The molecule has 1 aromatic heterocycles. The second kappa shape index (κ2) is 5.58. The lowest BCUT2D eigenvalue weighted by Gasteiger charge is -2.01. The van der Waals surface area contributed by atoms with E-state index in [2.05, 4.69) is 4.98 Å². The molecule has 0 fully saturated rings. The molecule has 0 aliphatic carbocycles. The summed E-state index contributed by atoms with van der Waals surface area (Å²) in [7, 11) is -1.93. The molecule has 0 aliphatic rings. The molecule has 2 rings (SSSR count). The summed E-state index contributed by atoms with van der Waals surface area (Å²) in [5.41, 5.74) is 0.884.